The van der Waals surface area contributed by atoms with Gasteiger partial charge in [0.15, 0.2) is 5.60 Å². The van der Waals surface area contributed by atoms with Crippen LogP contribution in [0.25, 0.3) is 11.5 Å². The predicted molar refractivity (Wildman–Crippen MR) is 93.4 cm³/mol. The number of rotatable bonds is 3. The van der Waals surface area contributed by atoms with E-state index in [0.717, 1.165) is 5.56 Å². The van der Waals surface area contributed by atoms with Gasteiger partial charge in [0.05, 0.1) is 25.2 Å². The van der Waals surface area contributed by atoms with Crippen LogP contribution in [-0.2, 0) is 16.0 Å². The van der Waals surface area contributed by atoms with Gasteiger partial charge < -0.3 is 19.0 Å². The molecule has 0 N–H and O–H groups in total. The summed E-state index contributed by atoms with van der Waals surface area (Å²) in [7, 11) is 1.71. The number of aromatic nitrogens is 1. The van der Waals surface area contributed by atoms with Crippen LogP contribution in [0.15, 0.2) is 34.7 Å². The van der Waals surface area contributed by atoms with E-state index in [2.05, 4.69) is 4.98 Å². The van der Waals surface area contributed by atoms with E-state index in [1.165, 1.54) is 0 Å². The Kier molecular flexibility index (Phi) is 3.94. The first kappa shape index (κ1) is 16.6. The Morgan fingerprint density at radius 1 is 1.27 bits per heavy atom. The molecule has 0 unspecified atom stereocenters. The lowest BCUT2D eigenvalue weighted by atomic mass is 10.0. The average Bonchev–Trinajstić information content (AvgIpc) is 3.28. The molecule has 2 aliphatic heterocycles. The quantitative estimate of drug-likeness (QED) is 0.844. The van der Waals surface area contributed by atoms with Crippen LogP contribution in [0.1, 0.15) is 17.9 Å². The van der Waals surface area contributed by atoms with Crippen molar-refractivity contribution in [2.24, 2.45) is 0 Å². The molecular weight excluding hydrogens is 334 g/mol. The maximum atomic E-state index is 12.7. The Balaban J connectivity index is 1.45. The second-order valence-corrected chi connectivity index (χ2v) is 7.04. The Labute approximate surface area is 151 Å². The van der Waals surface area contributed by atoms with Gasteiger partial charge in [-0.15, -0.1) is 0 Å². The van der Waals surface area contributed by atoms with Gasteiger partial charge in [0.2, 0.25) is 11.8 Å². The molecule has 4 rings (SSSR count). The minimum absolute atomic E-state index is 0.0245. The molecule has 0 saturated carbocycles. The lowest BCUT2D eigenvalue weighted by Crippen LogP contribution is -2.39. The third-order valence-electron chi connectivity index (χ3n) is 5.04. The summed E-state index contributed by atoms with van der Waals surface area (Å²) in [5.74, 6) is 1.15. The maximum absolute atomic E-state index is 12.7. The number of hydrogen-bond donors (Lipinski definition) is 0. The van der Waals surface area contributed by atoms with Crippen LogP contribution in [0.2, 0.25) is 0 Å². The number of nitrogens with zero attached hydrogens (tertiary/aromatic N) is 3. The van der Waals surface area contributed by atoms with E-state index >= 15 is 0 Å². The van der Waals surface area contributed by atoms with E-state index in [4.69, 9.17) is 9.15 Å². The third-order valence-corrected chi connectivity index (χ3v) is 5.04. The summed E-state index contributed by atoms with van der Waals surface area (Å²) in [6.45, 7) is 3.37. The van der Waals surface area contributed by atoms with E-state index in [9.17, 15) is 9.59 Å². The number of ether oxygens (including phenoxy) is 1. The van der Waals surface area contributed by atoms with Crippen molar-refractivity contribution in [3.8, 4) is 11.5 Å². The van der Waals surface area contributed by atoms with Gasteiger partial charge >= 0.3 is 6.09 Å². The molecule has 7 nitrogen and oxygen atoms in total. The fourth-order valence-electron chi connectivity index (χ4n) is 3.61. The van der Waals surface area contributed by atoms with Gasteiger partial charge in [-0.25, -0.2) is 9.78 Å². The number of aryl methyl sites for hydroxylation is 1. The third kappa shape index (κ3) is 2.94. The number of amides is 2. The van der Waals surface area contributed by atoms with Gasteiger partial charge in [0.25, 0.3) is 0 Å². The minimum atomic E-state index is -0.560. The fraction of sp³-hybridized carbons (Fsp3) is 0.421. The summed E-state index contributed by atoms with van der Waals surface area (Å²) in [5.41, 5.74) is 0.973. The van der Waals surface area contributed by atoms with Crippen molar-refractivity contribution in [2.45, 2.75) is 25.4 Å². The topological polar surface area (TPSA) is 75.9 Å². The summed E-state index contributed by atoms with van der Waals surface area (Å²) in [4.78, 5) is 32.2. The first-order chi connectivity index (χ1) is 12.5. The van der Waals surface area contributed by atoms with Crippen LogP contribution in [0, 0.1) is 6.92 Å². The first-order valence-corrected chi connectivity index (χ1v) is 8.69. The highest BCUT2D eigenvalue weighted by atomic mass is 16.6. The van der Waals surface area contributed by atoms with Crippen LogP contribution in [0.5, 0.6) is 0 Å². The highest BCUT2D eigenvalue weighted by molar-refractivity contribution is 5.79. The molecule has 0 aliphatic carbocycles. The number of carbonyl (C=O) groups excluding carboxylic acids is 2. The maximum Gasteiger partial charge on any atom is 0.410 e. The molecule has 1 aromatic heterocycles. The molecule has 1 aromatic carbocycles. The molecule has 0 radical (unpaired) electrons. The normalized spacial score (nSPS) is 22.3. The Morgan fingerprint density at radius 2 is 2.04 bits per heavy atom. The van der Waals surface area contributed by atoms with Crippen molar-refractivity contribution in [2.75, 3.05) is 26.7 Å². The molecule has 2 amide bonds. The molecule has 3 heterocycles. The second-order valence-electron chi connectivity index (χ2n) is 7.04. The average molecular weight is 355 g/mol. The van der Waals surface area contributed by atoms with Crippen molar-refractivity contribution >= 4 is 12.0 Å². The molecule has 136 valence electrons. The number of benzene rings is 1. The second kappa shape index (κ2) is 6.16. The highest BCUT2D eigenvalue weighted by Crippen LogP contribution is 2.32. The molecule has 7 heteroatoms. The lowest BCUT2D eigenvalue weighted by Gasteiger charge is -2.21. The largest absolute Gasteiger partial charge is 0.441 e. The number of likely N-dealkylation sites (N-methyl/N-ethyl adjacent to an activating group) is 1. The van der Waals surface area contributed by atoms with Crippen LogP contribution in [-0.4, -0.2) is 59.1 Å². The SMILES string of the molecule is Cc1oc(-c2ccccc2)nc1CC(=O)N1CC[C@@]2(CN(C)C(=O)O2)C1. The smallest absolute Gasteiger partial charge is 0.410 e. The number of likely N-dealkylation sites (tertiary alicyclic amines) is 1. The summed E-state index contributed by atoms with van der Waals surface area (Å²) < 4.78 is 11.2. The number of oxazole rings is 1. The molecule has 2 aliphatic rings. The van der Waals surface area contributed by atoms with Gasteiger partial charge in [-0.3, -0.25) is 4.79 Å². The zero-order valence-electron chi connectivity index (χ0n) is 14.9. The number of hydrogen-bond acceptors (Lipinski definition) is 5. The van der Waals surface area contributed by atoms with E-state index in [0.29, 0.717) is 43.4 Å². The standard InChI is InChI=1S/C19H21N3O4/c1-13-15(20-17(25-13)14-6-4-3-5-7-14)10-16(23)22-9-8-19(12-22)11-21(2)18(24)26-19/h3-7H,8-12H2,1-2H3/t19-/m1/s1. The predicted octanol–water partition coefficient (Wildman–Crippen LogP) is 2.25. The molecule has 2 aromatic rings. The van der Waals surface area contributed by atoms with E-state index < -0.39 is 5.60 Å². The highest BCUT2D eigenvalue weighted by Gasteiger charge is 2.49. The molecule has 2 fully saturated rings. The van der Waals surface area contributed by atoms with Crippen LogP contribution in [0.3, 0.4) is 0 Å². The lowest BCUT2D eigenvalue weighted by molar-refractivity contribution is -0.130. The van der Waals surface area contributed by atoms with Gasteiger partial charge in [-0.05, 0) is 19.1 Å². The van der Waals surface area contributed by atoms with Crippen molar-refractivity contribution < 1.29 is 18.7 Å². The molecule has 26 heavy (non-hydrogen) atoms. The zero-order chi connectivity index (χ0) is 18.3. The van der Waals surface area contributed by atoms with Crippen LogP contribution >= 0.6 is 0 Å². The fourth-order valence-corrected chi connectivity index (χ4v) is 3.61. The van der Waals surface area contributed by atoms with Crippen molar-refractivity contribution in [3.63, 3.8) is 0 Å². The van der Waals surface area contributed by atoms with Gasteiger partial charge in [-0.2, -0.15) is 0 Å². The summed E-state index contributed by atoms with van der Waals surface area (Å²) in [5, 5.41) is 0. The Hall–Kier alpha value is -2.83. The Morgan fingerprint density at radius 3 is 2.73 bits per heavy atom. The summed E-state index contributed by atoms with van der Waals surface area (Å²) in [6.07, 6.45) is 0.531. The van der Waals surface area contributed by atoms with Gasteiger partial charge in [0.1, 0.15) is 5.76 Å². The molecule has 1 spiro atoms. The molecule has 2 saturated heterocycles. The summed E-state index contributed by atoms with van der Waals surface area (Å²) in [6, 6.07) is 9.62. The van der Waals surface area contributed by atoms with Gasteiger partial charge in [-0.1, -0.05) is 18.2 Å². The van der Waals surface area contributed by atoms with Crippen molar-refractivity contribution in [3.05, 3.63) is 41.8 Å². The summed E-state index contributed by atoms with van der Waals surface area (Å²) >= 11 is 0. The van der Waals surface area contributed by atoms with E-state index in [1.54, 1.807) is 16.8 Å². The monoisotopic (exact) mass is 355 g/mol. The van der Waals surface area contributed by atoms with Crippen molar-refractivity contribution in [1.29, 1.82) is 0 Å². The van der Waals surface area contributed by atoms with Gasteiger partial charge in [0, 0.05) is 25.6 Å². The van der Waals surface area contributed by atoms with Crippen molar-refractivity contribution in [1.82, 2.24) is 14.8 Å². The Bertz CT molecular complexity index is 848. The first-order valence-electron chi connectivity index (χ1n) is 8.69. The van der Waals surface area contributed by atoms with Crippen LogP contribution in [0.4, 0.5) is 4.79 Å². The number of carbonyl (C=O) groups is 2. The van der Waals surface area contributed by atoms with E-state index in [-0.39, 0.29) is 18.4 Å². The molecule has 0 bridgehead atoms. The molecule has 1 atom stereocenters. The zero-order valence-corrected chi connectivity index (χ0v) is 14.9. The minimum Gasteiger partial charge on any atom is -0.441 e. The van der Waals surface area contributed by atoms with Crippen LogP contribution < -0.4 is 0 Å². The van der Waals surface area contributed by atoms with E-state index in [1.807, 2.05) is 37.3 Å². The molecular formula is C19H21N3O4.